The van der Waals surface area contributed by atoms with Crippen LogP contribution in [0.5, 0.6) is 0 Å². The van der Waals surface area contributed by atoms with Gasteiger partial charge in [0, 0.05) is 36.7 Å². The molecule has 0 bridgehead atoms. The van der Waals surface area contributed by atoms with E-state index in [0.717, 1.165) is 29.6 Å². The maximum atomic E-state index is 4.58. The lowest BCUT2D eigenvalue weighted by Crippen LogP contribution is -2.31. The Morgan fingerprint density at radius 3 is 3.06 bits per heavy atom. The van der Waals surface area contributed by atoms with Gasteiger partial charge >= 0.3 is 0 Å². The molecule has 0 aromatic carbocycles. The zero-order valence-electron chi connectivity index (χ0n) is 10.4. The molecular formula is C13H19N3S. The highest BCUT2D eigenvalue weighted by Crippen LogP contribution is 2.18. The van der Waals surface area contributed by atoms with Crippen molar-refractivity contribution in [2.24, 2.45) is 10.9 Å². The number of nitrogens with one attached hydrogen (secondary N) is 1. The van der Waals surface area contributed by atoms with Crippen LogP contribution in [-0.2, 0) is 6.42 Å². The fourth-order valence-electron chi connectivity index (χ4n) is 1.68. The minimum atomic E-state index is 0.577. The van der Waals surface area contributed by atoms with Gasteiger partial charge in [-0.05, 0) is 18.1 Å². The van der Waals surface area contributed by atoms with Crippen LogP contribution in [0.25, 0.3) is 0 Å². The Morgan fingerprint density at radius 1 is 1.53 bits per heavy atom. The Labute approximate surface area is 107 Å². The van der Waals surface area contributed by atoms with Crippen molar-refractivity contribution in [1.82, 2.24) is 10.3 Å². The molecule has 0 amide bonds. The van der Waals surface area contributed by atoms with Gasteiger partial charge in [-0.1, -0.05) is 31.7 Å². The Hall–Kier alpha value is -1.03. The van der Waals surface area contributed by atoms with Crippen LogP contribution in [0, 0.1) is 5.92 Å². The quantitative estimate of drug-likeness (QED) is 0.890. The fourth-order valence-corrected chi connectivity index (χ4v) is 2.90. The van der Waals surface area contributed by atoms with Crippen molar-refractivity contribution in [3.05, 3.63) is 30.1 Å². The monoisotopic (exact) mass is 249 g/mol. The molecule has 1 aromatic rings. The SMILES string of the molecule is CC(C)C1CSC(=NCCc2ccccn2)N1. The third kappa shape index (κ3) is 3.73. The van der Waals surface area contributed by atoms with E-state index < -0.39 is 0 Å². The first kappa shape index (κ1) is 12.4. The summed E-state index contributed by atoms with van der Waals surface area (Å²) >= 11 is 1.83. The highest BCUT2D eigenvalue weighted by molar-refractivity contribution is 8.14. The molecule has 1 saturated heterocycles. The maximum absolute atomic E-state index is 4.58. The predicted octanol–water partition coefficient (Wildman–Crippen LogP) is 2.34. The van der Waals surface area contributed by atoms with E-state index in [9.17, 15) is 0 Å². The van der Waals surface area contributed by atoms with Crippen molar-refractivity contribution < 1.29 is 0 Å². The van der Waals surface area contributed by atoms with E-state index in [1.54, 1.807) is 0 Å². The van der Waals surface area contributed by atoms with E-state index >= 15 is 0 Å². The molecule has 1 aromatic heterocycles. The molecule has 92 valence electrons. The van der Waals surface area contributed by atoms with E-state index in [4.69, 9.17) is 0 Å². The molecule has 1 fully saturated rings. The highest BCUT2D eigenvalue weighted by atomic mass is 32.2. The minimum Gasteiger partial charge on any atom is -0.361 e. The fraction of sp³-hybridized carbons (Fsp3) is 0.538. The number of thioether (sulfide) groups is 1. The van der Waals surface area contributed by atoms with Crippen LogP contribution in [0.15, 0.2) is 29.4 Å². The topological polar surface area (TPSA) is 37.3 Å². The summed E-state index contributed by atoms with van der Waals surface area (Å²) in [4.78, 5) is 8.87. The number of hydrogen-bond donors (Lipinski definition) is 1. The number of aromatic nitrogens is 1. The van der Waals surface area contributed by atoms with Crippen molar-refractivity contribution in [2.75, 3.05) is 12.3 Å². The Bertz CT molecular complexity index is 376. The van der Waals surface area contributed by atoms with Crippen LogP contribution >= 0.6 is 11.8 Å². The summed E-state index contributed by atoms with van der Waals surface area (Å²) in [5.74, 6) is 1.81. The van der Waals surface area contributed by atoms with Crippen molar-refractivity contribution in [2.45, 2.75) is 26.3 Å². The molecule has 1 N–H and O–H groups in total. The summed E-state index contributed by atoms with van der Waals surface area (Å²) in [6.45, 7) is 5.31. The zero-order valence-corrected chi connectivity index (χ0v) is 11.2. The van der Waals surface area contributed by atoms with Gasteiger partial charge in [0.05, 0.1) is 0 Å². The van der Waals surface area contributed by atoms with Crippen molar-refractivity contribution in [3.63, 3.8) is 0 Å². The van der Waals surface area contributed by atoms with Crippen molar-refractivity contribution >= 4 is 16.9 Å². The van der Waals surface area contributed by atoms with E-state index in [1.807, 2.05) is 36.2 Å². The van der Waals surface area contributed by atoms with E-state index in [1.165, 1.54) is 0 Å². The lowest BCUT2D eigenvalue weighted by atomic mass is 10.1. The molecule has 2 heterocycles. The van der Waals surface area contributed by atoms with E-state index in [-0.39, 0.29) is 0 Å². The molecule has 1 aliphatic heterocycles. The third-order valence-electron chi connectivity index (χ3n) is 2.86. The zero-order chi connectivity index (χ0) is 12.1. The lowest BCUT2D eigenvalue weighted by Gasteiger charge is -2.12. The first-order valence-electron chi connectivity index (χ1n) is 6.09. The molecule has 1 aliphatic rings. The summed E-state index contributed by atoms with van der Waals surface area (Å²) in [5.41, 5.74) is 1.11. The second kappa shape index (κ2) is 6.05. The average Bonchev–Trinajstić information content (AvgIpc) is 2.79. The molecule has 0 radical (unpaired) electrons. The normalized spacial score (nSPS) is 22.1. The number of aliphatic imine (C=N–C) groups is 1. The van der Waals surface area contributed by atoms with Gasteiger partial charge in [-0.15, -0.1) is 0 Å². The minimum absolute atomic E-state index is 0.577. The summed E-state index contributed by atoms with van der Waals surface area (Å²) in [6, 6.07) is 6.59. The van der Waals surface area contributed by atoms with Crippen LogP contribution in [0.4, 0.5) is 0 Å². The van der Waals surface area contributed by atoms with Gasteiger partial charge in [0.25, 0.3) is 0 Å². The third-order valence-corrected chi connectivity index (χ3v) is 3.91. The van der Waals surface area contributed by atoms with Gasteiger partial charge in [0.1, 0.15) is 0 Å². The summed E-state index contributed by atoms with van der Waals surface area (Å²) in [7, 11) is 0. The number of hydrogen-bond acceptors (Lipinski definition) is 3. The number of amidine groups is 1. The van der Waals surface area contributed by atoms with Gasteiger partial charge in [-0.3, -0.25) is 9.98 Å². The molecule has 0 spiro atoms. The number of nitrogens with zero attached hydrogens (tertiary/aromatic N) is 2. The van der Waals surface area contributed by atoms with Gasteiger partial charge in [0.2, 0.25) is 0 Å². The van der Waals surface area contributed by atoms with Crippen LogP contribution in [0.2, 0.25) is 0 Å². The van der Waals surface area contributed by atoms with Crippen molar-refractivity contribution in [1.29, 1.82) is 0 Å². The number of rotatable bonds is 4. The van der Waals surface area contributed by atoms with Gasteiger partial charge in [0.15, 0.2) is 5.17 Å². The number of pyridine rings is 1. The average molecular weight is 249 g/mol. The van der Waals surface area contributed by atoms with E-state index in [2.05, 4.69) is 29.1 Å². The second-order valence-electron chi connectivity index (χ2n) is 4.56. The smallest absolute Gasteiger partial charge is 0.156 e. The molecular weight excluding hydrogens is 230 g/mol. The first-order valence-corrected chi connectivity index (χ1v) is 7.08. The predicted molar refractivity (Wildman–Crippen MR) is 74.5 cm³/mol. The Kier molecular flexibility index (Phi) is 4.42. The van der Waals surface area contributed by atoms with Crippen LogP contribution in [0.1, 0.15) is 19.5 Å². The largest absolute Gasteiger partial charge is 0.361 e. The van der Waals surface area contributed by atoms with Gasteiger partial charge in [-0.2, -0.15) is 0 Å². The molecule has 3 nitrogen and oxygen atoms in total. The molecule has 17 heavy (non-hydrogen) atoms. The summed E-state index contributed by atoms with van der Waals surface area (Å²) in [5, 5.41) is 4.57. The summed E-state index contributed by atoms with van der Waals surface area (Å²) < 4.78 is 0. The van der Waals surface area contributed by atoms with Crippen LogP contribution < -0.4 is 5.32 Å². The Morgan fingerprint density at radius 2 is 2.41 bits per heavy atom. The highest BCUT2D eigenvalue weighted by Gasteiger charge is 2.22. The first-order chi connectivity index (χ1) is 8.25. The molecule has 4 heteroatoms. The Balaban J connectivity index is 1.79. The molecule has 0 saturated carbocycles. The van der Waals surface area contributed by atoms with Gasteiger partial charge < -0.3 is 5.32 Å². The van der Waals surface area contributed by atoms with Gasteiger partial charge in [-0.25, -0.2) is 0 Å². The molecule has 0 aliphatic carbocycles. The van der Waals surface area contributed by atoms with Crippen LogP contribution in [0.3, 0.4) is 0 Å². The molecule has 1 atom stereocenters. The molecule has 2 rings (SSSR count). The van der Waals surface area contributed by atoms with Crippen LogP contribution in [-0.4, -0.2) is 28.5 Å². The molecule has 1 unspecified atom stereocenters. The van der Waals surface area contributed by atoms with Crippen molar-refractivity contribution in [3.8, 4) is 0 Å². The van der Waals surface area contributed by atoms with E-state index in [0.29, 0.717) is 12.0 Å². The maximum Gasteiger partial charge on any atom is 0.156 e. The summed E-state index contributed by atoms with van der Waals surface area (Å²) in [6.07, 6.45) is 2.75. The second-order valence-corrected chi connectivity index (χ2v) is 5.57. The standard InChI is InChI=1S/C13H19N3S/c1-10(2)12-9-17-13(16-12)15-8-6-11-5-3-4-7-14-11/h3-5,7,10,12H,6,8-9H2,1-2H3,(H,15,16). The lowest BCUT2D eigenvalue weighted by molar-refractivity contribution is 0.503.